The first-order valence-corrected chi connectivity index (χ1v) is 12.7. The van der Waals surface area contributed by atoms with E-state index >= 15 is 0 Å². The third kappa shape index (κ3) is 5.06. The Kier molecular flexibility index (Phi) is 8.46. The van der Waals surface area contributed by atoms with Crippen LogP contribution in [-0.4, -0.2) is 41.2 Å². The number of amides is 1. The summed E-state index contributed by atoms with van der Waals surface area (Å²) in [5.41, 5.74) is 3.15. The Morgan fingerprint density at radius 1 is 1.06 bits per heavy atom. The second-order valence-electron chi connectivity index (χ2n) is 8.73. The number of hydrogen-bond donors (Lipinski definition) is 0. The van der Waals surface area contributed by atoms with Gasteiger partial charge >= 0.3 is 0 Å². The Morgan fingerprint density at radius 3 is 2.39 bits per heavy atom. The van der Waals surface area contributed by atoms with Gasteiger partial charge in [-0.1, -0.05) is 45.3 Å². The number of fused-ring (bicyclic) bond motifs is 1. The molecule has 0 saturated carbocycles. The molecule has 2 aliphatic rings. The SMILES string of the molecule is CCCCC1C(=O)/C(=C2/C=C(C)c3ccc(N(CC)CC)cc3O2)C(=O)N(CCCC)C1=S. The molecule has 6 heteroatoms. The molecule has 2 heterocycles. The molecule has 0 aromatic heterocycles. The average Bonchev–Trinajstić information content (AvgIpc) is 2.79. The summed E-state index contributed by atoms with van der Waals surface area (Å²) in [6.45, 7) is 12.7. The largest absolute Gasteiger partial charge is 0.456 e. The smallest absolute Gasteiger partial charge is 0.266 e. The van der Waals surface area contributed by atoms with E-state index in [0.29, 0.717) is 29.5 Å². The van der Waals surface area contributed by atoms with Crippen LogP contribution in [0.3, 0.4) is 0 Å². The number of benzene rings is 1. The monoisotopic (exact) mass is 468 g/mol. The highest BCUT2D eigenvalue weighted by Crippen LogP contribution is 2.38. The molecule has 178 valence electrons. The number of likely N-dealkylation sites (tertiary alicyclic amines) is 1. The summed E-state index contributed by atoms with van der Waals surface area (Å²) in [5, 5.41) is 0. The van der Waals surface area contributed by atoms with Crippen molar-refractivity contribution in [1.82, 2.24) is 4.90 Å². The zero-order valence-corrected chi connectivity index (χ0v) is 21.4. The minimum absolute atomic E-state index is 0.138. The van der Waals surface area contributed by atoms with Gasteiger partial charge in [-0.2, -0.15) is 0 Å². The molecular formula is C27H36N2O3S. The van der Waals surface area contributed by atoms with Gasteiger partial charge in [-0.25, -0.2) is 0 Å². The number of piperidine rings is 1. The molecule has 1 unspecified atom stereocenters. The first-order chi connectivity index (χ1) is 15.9. The fourth-order valence-electron chi connectivity index (χ4n) is 4.48. The standard InChI is InChI=1S/C27H36N2O3S/c1-6-10-12-21-25(30)24(26(31)29(27(21)33)15-11-7-2)23-16-18(5)20-14-13-19(17-22(20)32-23)28(8-3)9-4/h13-14,16-17,21H,6-12,15H2,1-5H3/b24-23+. The highest BCUT2D eigenvalue weighted by molar-refractivity contribution is 7.80. The van der Waals surface area contributed by atoms with Crippen LogP contribution >= 0.6 is 12.2 Å². The molecule has 1 saturated heterocycles. The molecule has 1 atom stereocenters. The maximum absolute atomic E-state index is 13.5. The van der Waals surface area contributed by atoms with Gasteiger partial charge < -0.3 is 14.5 Å². The Morgan fingerprint density at radius 2 is 1.76 bits per heavy atom. The number of rotatable bonds is 9. The molecule has 5 nitrogen and oxygen atoms in total. The molecule has 2 aliphatic heterocycles. The summed E-state index contributed by atoms with van der Waals surface area (Å²) in [6, 6.07) is 6.14. The van der Waals surface area contributed by atoms with E-state index in [9.17, 15) is 9.59 Å². The molecule has 0 N–H and O–H groups in total. The van der Waals surface area contributed by atoms with Gasteiger partial charge in [-0.3, -0.25) is 9.59 Å². The van der Waals surface area contributed by atoms with Crippen LogP contribution in [0.2, 0.25) is 0 Å². The zero-order chi connectivity index (χ0) is 24.1. The van der Waals surface area contributed by atoms with Gasteiger partial charge in [0.1, 0.15) is 17.1 Å². The second kappa shape index (κ2) is 11.1. The van der Waals surface area contributed by atoms with Crippen LogP contribution in [0.5, 0.6) is 5.75 Å². The number of hydrogen-bond acceptors (Lipinski definition) is 5. The van der Waals surface area contributed by atoms with Crippen molar-refractivity contribution >= 4 is 40.2 Å². The van der Waals surface area contributed by atoms with Gasteiger partial charge in [-0.05, 0) is 57.4 Å². The maximum Gasteiger partial charge on any atom is 0.266 e. The van der Waals surface area contributed by atoms with Crippen LogP contribution in [-0.2, 0) is 9.59 Å². The van der Waals surface area contributed by atoms with Crippen LogP contribution in [0.1, 0.15) is 72.3 Å². The normalized spacial score (nSPS) is 20.5. The van der Waals surface area contributed by atoms with Crippen LogP contribution < -0.4 is 9.64 Å². The third-order valence-corrected chi connectivity index (χ3v) is 7.01. The predicted octanol–water partition coefficient (Wildman–Crippen LogP) is 5.93. The summed E-state index contributed by atoms with van der Waals surface area (Å²) in [7, 11) is 0. The number of Topliss-reactive ketones (excluding diaryl/α,β-unsaturated/α-hetero) is 1. The molecule has 1 amide bonds. The first kappa shape index (κ1) is 25.2. The van der Waals surface area contributed by atoms with Gasteiger partial charge in [0.25, 0.3) is 5.91 Å². The van der Waals surface area contributed by atoms with E-state index in [1.807, 2.05) is 25.1 Å². The molecule has 1 aromatic carbocycles. The van der Waals surface area contributed by atoms with E-state index in [1.54, 1.807) is 4.90 Å². The Balaban J connectivity index is 2.07. The molecule has 1 aromatic rings. The van der Waals surface area contributed by atoms with Crippen LogP contribution in [0, 0.1) is 5.92 Å². The van der Waals surface area contributed by atoms with Crippen molar-refractivity contribution in [3.63, 3.8) is 0 Å². The number of ketones is 1. The number of thiocarbonyl (C=S) groups is 1. The molecule has 0 aliphatic carbocycles. The Bertz CT molecular complexity index is 959. The van der Waals surface area contributed by atoms with Gasteiger partial charge in [-0.15, -0.1) is 0 Å². The van der Waals surface area contributed by atoms with Crippen molar-refractivity contribution < 1.29 is 14.3 Å². The predicted molar refractivity (Wildman–Crippen MR) is 139 cm³/mol. The molecule has 0 radical (unpaired) electrons. The lowest BCUT2D eigenvalue weighted by atomic mass is 9.86. The van der Waals surface area contributed by atoms with E-state index in [4.69, 9.17) is 17.0 Å². The fourth-order valence-corrected chi connectivity index (χ4v) is 4.88. The van der Waals surface area contributed by atoms with E-state index in [2.05, 4.69) is 38.7 Å². The summed E-state index contributed by atoms with van der Waals surface area (Å²) in [6.07, 6.45) is 6.14. The second-order valence-corrected chi connectivity index (χ2v) is 9.15. The van der Waals surface area contributed by atoms with Crippen molar-refractivity contribution in [2.24, 2.45) is 5.92 Å². The minimum Gasteiger partial charge on any atom is -0.456 e. The zero-order valence-electron chi connectivity index (χ0n) is 20.6. The first-order valence-electron chi connectivity index (χ1n) is 12.3. The number of unbranched alkanes of at least 4 members (excludes halogenated alkanes) is 2. The Labute approximate surface area is 203 Å². The van der Waals surface area contributed by atoms with Gasteiger partial charge in [0.05, 0.1) is 10.9 Å². The van der Waals surface area contributed by atoms with Gasteiger partial charge in [0.15, 0.2) is 5.78 Å². The summed E-state index contributed by atoms with van der Waals surface area (Å²) < 4.78 is 6.27. The molecular weight excluding hydrogens is 432 g/mol. The lowest BCUT2D eigenvalue weighted by molar-refractivity contribution is -0.130. The third-order valence-electron chi connectivity index (χ3n) is 6.50. The minimum atomic E-state index is -0.447. The quantitative estimate of drug-likeness (QED) is 0.255. The van der Waals surface area contributed by atoms with Crippen molar-refractivity contribution in [3.8, 4) is 5.75 Å². The highest BCUT2D eigenvalue weighted by atomic mass is 32.1. The summed E-state index contributed by atoms with van der Waals surface area (Å²) in [5.74, 6) is 0.0537. The van der Waals surface area contributed by atoms with Crippen molar-refractivity contribution in [1.29, 1.82) is 0 Å². The topological polar surface area (TPSA) is 49.9 Å². The van der Waals surface area contributed by atoms with E-state index in [1.165, 1.54) is 0 Å². The number of nitrogens with zero attached hydrogens (tertiary/aromatic N) is 2. The number of anilines is 1. The summed E-state index contributed by atoms with van der Waals surface area (Å²) in [4.78, 5) is 31.4. The van der Waals surface area contributed by atoms with Gasteiger partial charge in [0.2, 0.25) is 0 Å². The van der Waals surface area contributed by atoms with Crippen LogP contribution in [0.4, 0.5) is 5.69 Å². The molecule has 3 rings (SSSR count). The van der Waals surface area contributed by atoms with Crippen LogP contribution in [0.15, 0.2) is 35.6 Å². The van der Waals surface area contributed by atoms with Crippen LogP contribution in [0.25, 0.3) is 5.57 Å². The summed E-state index contributed by atoms with van der Waals surface area (Å²) >= 11 is 5.64. The number of ether oxygens (including phenoxy) is 1. The van der Waals surface area contributed by atoms with E-state index < -0.39 is 5.92 Å². The van der Waals surface area contributed by atoms with Crippen molar-refractivity contribution in [2.45, 2.75) is 66.7 Å². The highest BCUT2D eigenvalue weighted by Gasteiger charge is 2.43. The lowest BCUT2D eigenvalue weighted by Crippen LogP contribution is -2.51. The van der Waals surface area contributed by atoms with E-state index in [0.717, 1.165) is 55.6 Å². The van der Waals surface area contributed by atoms with Crippen molar-refractivity contribution in [3.05, 3.63) is 41.2 Å². The maximum atomic E-state index is 13.5. The average molecular weight is 469 g/mol. The van der Waals surface area contributed by atoms with Gasteiger partial charge in [0, 0.05) is 37.0 Å². The lowest BCUT2D eigenvalue weighted by Gasteiger charge is -2.35. The van der Waals surface area contributed by atoms with Crippen molar-refractivity contribution in [2.75, 3.05) is 24.5 Å². The van der Waals surface area contributed by atoms with E-state index in [-0.39, 0.29) is 17.3 Å². The molecule has 0 spiro atoms. The Hall–Kier alpha value is -2.47. The number of carbonyl (C=O) groups excluding carboxylic acids is 2. The molecule has 0 bridgehead atoms. The molecule has 33 heavy (non-hydrogen) atoms. The number of carbonyl (C=O) groups is 2. The molecule has 1 fully saturated rings. The fraction of sp³-hybridized carbons (Fsp3) is 0.519. The number of allylic oxidation sites excluding steroid dienone is 2.